The maximum Gasteiger partial charge on any atom is 0.426 e. The van der Waals surface area contributed by atoms with Crippen molar-refractivity contribution < 1.29 is 43.9 Å². The standard InChI is InChI=1S/C47H64N6O9/c1-8-25-62-42(57)50-49-40(55)47(59)38-46(21-24-53-22-14-19-44(10-3,37(46)53)39(47)54)31-26-32(35(60-6)27-34(31)52(38)5)45(41(56)61-7)20-13-18-43(58,9-2)28-51(4)23-17-30-29-15-11-12-16-33(29)48-36(30)45/h11-12,14-16,19,26-27,37-39,48,54,58-59H,8-10,13,17-18,20-25,28H2,1-7H3,(H,49,55)(H,50,57)/t37-,38?,39+,43-,44+,45-,46+,47-/m0/s1. The van der Waals surface area contributed by atoms with Gasteiger partial charge in [0.05, 0.1) is 32.5 Å². The van der Waals surface area contributed by atoms with E-state index < -0.39 is 57.6 Å². The Kier molecular flexibility index (Phi) is 11.5. The number of rotatable bonds is 8. The second kappa shape index (κ2) is 16.2. The third kappa shape index (κ3) is 6.20. The van der Waals surface area contributed by atoms with Crippen LogP contribution < -0.4 is 20.5 Å². The first kappa shape index (κ1) is 44.0. The Morgan fingerprint density at radius 3 is 2.44 bits per heavy atom. The number of β-amino-alcohol motifs (C(OH)–C–C–N with tert-alkyl or cyclic N) is 1. The van der Waals surface area contributed by atoms with Crippen molar-refractivity contribution in [3.63, 3.8) is 0 Å². The molecular formula is C47H64N6O9. The first-order valence-corrected chi connectivity index (χ1v) is 22.3. The maximum atomic E-state index is 15.2. The van der Waals surface area contributed by atoms with Crippen LogP contribution in [-0.2, 0) is 36.3 Å². The van der Waals surface area contributed by atoms with Crippen LogP contribution in [0.5, 0.6) is 5.75 Å². The predicted octanol–water partition coefficient (Wildman–Crippen LogP) is 3.80. The summed E-state index contributed by atoms with van der Waals surface area (Å²) >= 11 is 0. The number of H-pyrrole nitrogens is 1. The van der Waals surface area contributed by atoms with E-state index in [0.717, 1.165) is 22.0 Å². The summed E-state index contributed by atoms with van der Waals surface area (Å²) in [5.41, 5.74) is 2.32. The van der Waals surface area contributed by atoms with Crippen LogP contribution in [0.2, 0.25) is 0 Å². The molecule has 8 rings (SSSR count). The van der Waals surface area contributed by atoms with E-state index in [1.807, 2.05) is 82.3 Å². The summed E-state index contributed by atoms with van der Waals surface area (Å²) in [6, 6.07) is 10.6. The third-order valence-electron chi connectivity index (χ3n) is 15.4. The number of nitrogens with one attached hydrogen (secondary N) is 3. The lowest BCUT2D eigenvalue weighted by molar-refractivity contribution is -0.204. The van der Waals surface area contributed by atoms with Crippen LogP contribution in [0.3, 0.4) is 0 Å². The fourth-order valence-electron chi connectivity index (χ4n) is 12.7. The maximum absolute atomic E-state index is 15.2. The van der Waals surface area contributed by atoms with Gasteiger partial charge in [-0.25, -0.2) is 10.2 Å². The van der Waals surface area contributed by atoms with Crippen molar-refractivity contribution in [2.24, 2.45) is 5.41 Å². The Balaban J connectivity index is 1.39. The molecule has 336 valence electrons. The van der Waals surface area contributed by atoms with Gasteiger partial charge in [-0.15, -0.1) is 0 Å². The molecule has 8 atom stereocenters. The molecule has 62 heavy (non-hydrogen) atoms. The minimum atomic E-state index is -2.47. The molecule has 1 unspecified atom stereocenters. The van der Waals surface area contributed by atoms with Gasteiger partial charge < -0.3 is 44.3 Å². The minimum Gasteiger partial charge on any atom is -0.496 e. The Hall–Kier alpha value is -4.67. The number of hydrogen-bond acceptors (Lipinski definition) is 12. The molecule has 6 N–H and O–H groups in total. The molecule has 3 aromatic rings. The summed E-state index contributed by atoms with van der Waals surface area (Å²) in [4.78, 5) is 52.6. The summed E-state index contributed by atoms with van der Waals surface area (Å²) < 4.78 is 17.4. The second-order valence-corrected chi connectivity index (χ2v) is 18.4. The molecule has 2 aromatic carbocycles. The highest BCUT2D eigenvalue weighted by Crippen LogP contribution is 2.67. The number of aromatic amines is 1. The van der Waals surface area contributed by atoms with Crippen LogP contribution in [0.4, 0.5) is 10.5 Å². The molecule has 2 fully saturated rings. The summed E-state index contributed by atoms with van der Waals surface area (Å²) in [6.45, 7) is 8.27. The number of carbonyl (C=O) groups excluding carboxylic acids is 3. The quantitative estimate of drug-likeness (QED) is 0.110. The molecule has 0 radical (unpaired) electrons. The van der Waals surface area contributed by atoms with Gasteiger partial charge in [-0.05, 0) is 88.2 Å². The fourth-order valence-corrected chi connectivity index (χ4v) is 12.7. The first-order valence-electron chi connectivity index (χ1n) is 22.3. The molecule has 2 amide bonds. The number of aromatic nitrogens is 1. The number of likely N-dealkylation sites (N-methyl/N-ethyl adjacent to an activating group) is 2. The number of aliphatic hydroxyl groups is 3. The Morgan fingerprint density at radius 2 is 1.73 bits per heavy atom. The van der Waals surface area contributed by atoms with Gasteiger partial charge in [0.25, 0.3) is 5.91 Å². The highest BCUT2D eigenvalue weighted by Gasteiger charge is 2.78. The van der Waals surface area contributed by atoms with Crippen molar-refractivity contribution in [3.05, 3.63) is 70.9 Å². The van der Waals surface area contributed by atoms with E-state index in [4.69, 9.17) is 14.2 Å². The number of para-hydroxylation sites is 1. The Bertz CT molecular complexity index is 2260. The number of amides is 2. The molecule has 15 heteroatoms. The summed E-state index contributed by atoms with van der Waals surface area (Å²) in [5, 5.41) is 38.9. The topological polar surface area (TPSA) is 189 Å². The molecule has 5 aliphatic rings. The average Bonchev–Trinajstić information content (AvgIpc) is 3.93. The molecule has 1 saturated carbocycles. The van der Waals surface area contributed by atoms with Gasteiger partial charge in [-0.1, -0.05) is 51.1 Å². The number of hydrogen-bond donors (Lipinski definition) is 6. The van der Waals surface area contributed by atoms with Gasteiger partial charge in [0.15, 0.2) is 5.60 Å². The predicted molar refractivity (Wildman–Crippen MR) is 234 cm³/mol. The molecule has 1 aliphatic carbocycles. The van der Waals surface area contributed by atoms with Crippen LogP contribution in [0.1, 0.15) is 88.1 Å². The summed E-state index contributed by atoms with van der Waals surface area (Å²) in [6.07, 6.45) is 5.27. The molecule has 4 aliphatic heterocycles. The van der Waals surface area contributed by atoms with Crippen LogP contribution >= 0.6 is 0 Å². The van der Waals surface area contributed by atoms with Crippen molar-refractivity contribution in [2.75, 3.05) is 66.0 Å². The highest BCUT2D eigenvalue weighted by atomic mass is 16.6. The summed E-state index contributed by atoms with van der Waals surface area (Å²) in [5.74, 6) is -1.04. The molecule has 0 bridgehead atoms. The lowest BCUT2D eigenvalue weighted by Crippen LogP contribution is -2.82. The van der Waals surface area contributed by atoms with E-state index in [1.54, 1.807) is 7.11 Å². The zero-order valence-corrected chi connectivity index (χ0v) is 37.2. The Morgan fingerprint density at radius 1 is 0.952 bits per heavy atom. The van der Waals surface area contributed by atoms with E-state index in [1.165, 1.54) is 7.11 Å². The lowest BCUT2D eigenvalue weighted by atomic mass is 9.47. The van der Waals surface area contributed by atoms with Gasteiger partial charge in [-0.3, -0.25) is 19.9 Å². The van der Waals surface area contributed by atoms with E-state index >= 15 is 4.79 Å². The van der Waals surface area contributed by atoms with E-state index in [0.29, 0.717) is 93.8 Å². The van der Waals surface area contributed by atoms with E-state index in [9.17, 15) is 24.9 Å². The Labute approximate surface area is 363 Å². The molecule has 15 nitrogen and oxygen atoms in total. The monoisotopic (exact) mass is 856 g/mol. The second-order valence-electron chi connectivity index (χ2n) is 18.4. The zero-order chi connectivity index (χ0) is 44.4. The van der Waals surface area contributed by atoms with E-state index in [2.05, 4.69) is 31.7 Å². The van der Waals surface area contributed by atoms with Gasteiger partial charge >= 0.3 is 12.1 Å². The van der Waals surface area contributed by atoms with Crippen molar-refractivity contribution in [3.8, 4) is 5.75 Å². The van der Waals surface area contributed by atoms with Gasteiger partial charge in [0.2, 0.25) is 0 Å². The van der Waals surface area contributed by atoms with Crippen molar-refractivity contribution in [1.82, 2.24) is 25.6 Å². The fraction of sp³-hybridized carbons (Fsp3) is 0.596. The largest absolute Gasteiger partial charge is 0.496 e. The third-order valence-corrected chi connectivity index (χ3v) is 15.4. The van der Waals surface area contributed by atoms with Crippen LogP contribution in [0, 0.1) is 5.41 Å². The number of hydrazine groups is 1. The molecule has 1 spiro atoms. The SMILES string of the molecule is CCCOC(=O)NNC(=O)[C@]1(O)C2N(C)c3cc(OC)c([C@@]4(C(=O)OC)CCC[C@@](O)(CC)CN(C)CCc5c4[nH]c4ccccc54)cc3[C@@]23CCN2CC=C[C@@](CC)([C@H]1O)[C@H]23. The smallest absolute Gasteiger partial charge is 0.426 e. The summed E-state index contributed by atoms with van der Waals surface area (Å²) in [7, 11) is 6.81. The lowest BCUT2D eigenvalue weighted by Gasteiger charge is -2.63. The number of benzene rings is 2. The number of nitrogens with zero attached hydrogens (tertiary/aromatic N) is 3. The number of aliphatic hydroxyl groups excluding tert-OH is 1. The number of ether oxygens (including phenoxy) is 3. The van der Waals surface area contributed by atoms with Crippen LogP contribution in [0.15, 0.2) is 48.6 Å². The van der Waals surface area contributed by atoms with Gasteiger partial charge in [0, 0.05) is 77.5 Å². The normalized spacial score (nSPS) is 33.1. The van der Waals surface area contributed by atoms with Crippen molar-refractivity contribution in [2.45, 2.75) is 112 Å². The van der Waals surface area contributed by atoms with Gasteiger partial charge in [-0.2, -0.15) is 0 Å². The number of anilines is 1. The van der Waals surface area contributed by atoms with Crippen LogP contribution in [0.25, 0.3) is 10.9 Å². The van der Waals surface area contributed by atoms with E-state index in [-0.39, 0.29) is 19.1 Å². The van der Waals surface area contributed by atoms with Crippen LogP contribution in [-0.4, -0.2) is 139 Å². The zero-order valence-electron chi connectivity index (χ0n) is 37.2. The highest BCUT2D eigenvalue weighted by molar-refractivity contribution is 5.95. The van der Waals surface area contributed by atoms with Crippen molar-refractivity contribution in [1.29, 1.82) is 0 Å². The van der Waals surface area contributed by atoms with Gasteiger partial charge in [0.1, 0.15) is 17.3 Å². The molecule has 1 saturated heterocycles. The molecule has 1 aromatic heterocycles. The number of esters is 1. The number of carbonyl (C=O) groups is 3. The average molecular weight is 857 g/mol. The first-order chi connectivity index (χ1) is 29.7. The minimum absolute atomic E-state index is 0.132. The molecule has 5 heterocycles. The number of fused-ring (bicyclic) bond motifs is 4. The molecular weight excluding hydrogens is 793 g/mol. The van der Waals surface area contributed by atoms with Crippen molar-refractivity contribution >= 4 is 34.6 Å². The number of methoxy groups -OCH3 is 2.